The predicted octanol–water partition coefficient (Wildman–Crippen LogP) is 2.27. The molecule has 0 saturated heterocycles. The number of ether oxygens (including phenoxy) is 3. The van der Waals surface area contributed by atoms with Crippen LogP contribution < -0.4 is 11.1 Å². The van der Waals surface area contributed by atoms with Crippen LogP contribution in [0.4, 0.5) is 0 Å². The summed E-state index contributed by atoms with van der Waals surface area (Å²) in [6.07, 6.45) is 0. The van der Waals surface area contributed by atoms with E-state index in [1.54, 1.807) is 38.1 Å². The Labute approximate surface area is 170 Å². The zero-order chi connectivity index (χ0) is 21.6. The van der Waals surface area contributed by atoms with E-state index in [1.165, 1.54) is 7.11 Å². The van der Waals surface area contributed by atoms with Gasteiger partial charge in [-0.1, -0.05) is 29.8 Å². The van der Waals surface area contributed by atoms with Crippen molar-refractivity contribution in [3.8, 4) is 0 Å². The Morgan fingerprint density at radius 2 is 2.00 bits per heavy atom. The average molecular weight is 410 g/mol. The molecule has 0 amide bonds. The molecule has 1 aliphatic rings. The second kappa shape index (κ2) is 10.3. The van der Waals surface area contributed by atoms with Crippen LogP contribution in [-0.2, 0) is 23.8 Å². The summed E-state index contributed by atoms with van der Waals surface area (Å²) >= 11 is 6.41. The number of nitrogens with one attached hydrogen (secondary N) is 1. The van der Waals surface area contributed by atoms with Crippen molar-refractivity contribution in [2.75, 3.05) is 33.5 Å². The fraction of sp³-hybridized carbons (Fsp3) is 0.400. The quantitative estimate of drug-likeness (QED) is 0.635. The Kier molecular flexibility index (Phi) is 7.47. The maximum atomic E-state index is 12.9. The smallest absolute Gasteiger partial charge is 0.336 e. The number of esters is 2. The van der Waals surface area contributed by atoms with Gasteiger partial charge in [-0.05, 0) is 25.5 Å². The molecule has 1 heterocycles. The Bertz CT molecular complexity index is 840. The van der Waals surface area contributed by atoms with Gasteiger partial charge in [-0.15, -0.1) is 0 Å². The second-order valence-corrected chi connectivity index (χ2v) is 6.34. The van der Waals surface area contributed by atoms with Crippen molar-refractivity contribution in [3.63, 3.8) is 0 Å². The number of hydrogen-bond donors (Lipinski definition) is 2. The van der Waals surface area contributed by atoms with Gasteiger partial charge in [0.15, 0.2) is 0 Å². The maximum Gasteiger partial charge on any atom is 0.336 e. The van der Waals surface area contributed by atoms with Gasteiger partial charge >= 0.3 is 11.9 Å². The van der Waals surface area contributed by atoms with E-state index in [-0.39, 0.29) is 36.6 Å². The first-order valence-corrected chi connectivity index (χ1v) is 9.20. The van der Waals surface area contributed by atoms with E-state index in [4.69, 9.17) is 32.9 Å². The number of dihydropyridines is 1. The van der Waals surface area contributed by atoms with Crippen LogP contribution >= 0.6 is 11.6 Å². The summed E-state index contributed by atoms with van der Waals surface area (Å²) in [6.45, 7) is 2.55. The van der Waals surface area contributed by atoms with Crippen LogP contribution in [-0.4, -0.2) is 45.4 Å². The number of allylic oxidation sites excluding steroid dienone is 1. The van der Waals surface area contributed by atoms with Gasteiger partial charge in [0.05, 0.1) is 51.0 Å². The van der Waals surface area contributed by atoms with Gasteiger partial charge < -0.3 is 25.3 Å². The zero-order valence-corrected chi connectivity index (χ0v) is 16.8. The molecule has 0 fully saturated rings. The molecular weight excluding hydrogens is 384 g/mol. The molecule has 0 saturated carbocycles. The number of nitrogens with two attached hydrogens (primary N) is 1. The Morgan fingerprint density at radius 1 is 1.29 bits per heavy atom. The van der Waals surface area contributed by atoms with Crippen LogP contribution in [0.15, 0.2) is 46.8 Å². The van der Waals surface area contributed by atoms with Crippen LogP contribution in [0.3, 0.4) is 0 Å². The van der Waals surface area contributed by atoms with Crippen molar-refractivity contribution >= 4 is 23.5 Å². The van der Waals surface area contributed by atoms with Crippen LogP contribution in [0.2, 0.25) is 5.02 Å². The minimum atomic E-state index is -1.24. The predicted molar refractivity (Wildman–Crippen MR) is 106 cm³/mol. The van der Waals surface area contributed by atoms with Crippen molar-refractivity contribution in [2.45, 2.75) is 19.8 Å². The van der Waals surface area contributed by atoms with Gasteiger partial charge in [-0.25, -0.2) is 9.59 Å². The molecule has 0 bridgehead atoms. The lowest BCUT2D eigenvalue weighted by atomic mass is 9.80. The molecule has 1 aromatic rings. The SMILES string of the molecule is [2H]C(OCCN)C1=C(C(=O)OCC)[C@@H](c2ccccc2Cl)C(C(=O)OC)=C(C)N1. The van der Waals surface area contributed by atoms with E-state index in [1.807, 2.05) is 0 Å². The third-order valence-corrected chi connectivity index (χ3v) is 4.49. The molecule has 7 nitrogen and oxygen atoms in total. The van der Waals surface area contributed by atoms with E-state index in [0.717, 1.165) is 0 Å². The average Bonchev–Trinajstić information content (AvgIpc) is 2.71. The molecule has 0 spiro atoms. The molecule has 28 heavy (non-hydrogen) atoms. The lowest BCUT2D eigenvalue weighted by Crippen LogP contribution is -2.35. The van der Waals surface area contributed by atoms with Crippen molar-refractivity contribution < 1.29 is 25.2 Å². The summed E-state index contributed by atoms with van der Waals surface area (Å²) in [5, 5.41) is 3.32. The number of hydrogen-bond acceptors (Lipinski definition) is 7. The molecule has 1 aliphatic heterocycles. The van der Waals surface area contributed by atoms with Crippen LogP contribution in [0.25, 0.3) is 0 Å². The molecule has 1 aromatic carbocycles. The Morgan fingerprint density at radius 3 is 2.61 bits per heavy atom. The highest BCUT2D eigenvalue weighted by Crippen LogP contribution is 2.41. The summed E-state index contributed by atoms with van der Waals surface area (Å²) < 4.78 is 24.0. The summed E-state index contributed by atoms with van der Waals surface area (Å²) in [4.78, 5) is 25.6. The zero-order valence-electron chi connectivity index (χ0n) is 17.1. The van der Waals surface area contributed by atoms with Gasteiger partial charge in [0.2, 0.25) is 0 Å². The van der Waals surface area contributed by atoms with Crippen molar-refractivity contribution in [3.05, 3.63) is 57.4 Å². The maximum absolute atomic E-state index is 12.9. The standard InChI is InChI=1S/C20H25ClN2O5/c1-4-28-20(25)18-15(11-27-10-9-22)23-12(2)16(19(24)26-3)17(18)13-7-5-6-8-14(13)21/h5-8,17,23H,4,9-11,22H2,1-3H3/t17-/m0/s1/i11D/t11?,17-. The molecule has 8 heteroatoms. The highest BCUT2D eigenvalue weighted by molar-refractivity contribution is 6.31. The molecule has 2 rings (SSSR count). The summed E-state index contributed by atoms with van der Waals surface area (Å²) in [7, 11) is 1.26. The Hall–Kier alpha value is -2.35. The van der Waals surface area contributed by atoms with E-state index in [0.29, 0.717) is 16.3 Å². The molecule has 0 aromatic heterocycles. The van der Waals surface area contributed by atoms with Crippen LogP contribution in [0.5, 0.6) is 0 Å². The van der Waals surface area contributed by atoms with Crippen LogP contribution in [0.1, 0.15) is 26.7 Å². The first-order valence-electron chi connectivity index (χ1n) is 9.40. The molecule has 0 aliphatic carbocycles. The number of halogens is 1. The van der Waals surface area contributed by atoms with E-state index in [2.05, 4.69) is 5.32 Å². The normalized spacial score (nSPS) is 18.3. The Balaban J connectivity index is 2.75. The second-order valence-electron chi connectivity index (χ2n) is 5.93. The van der Waals surface area contributed by atoms with Crippen molar-refractivity contribution in [2.24, 2.45) is 5.73 Å². The van der Waals surface area contributed by atoms with Crippen molar-refractivity contribution in [1.82, 2.24) is 5.32 Å². The third kappa shape index (κ3) is 4.73. The van der Waals surface area contributed by atoms with Gasteiger partial charge in [-0.3, -0.25) is 0 Å². The molecule has 0 radical (unpaired) electrons. The summed E-state index contributed by atoms with van der Waals surface area (Å²) in [5.41, 5.74) is 6.87. The summed E-state index contributed by atoms with van der Waals surface area (Å²) in [6, 6.07) is 6.87. The molecule has 152 valence electrons. The van der Waals surface area contributed by atoms with Gasteiger partial charge in [0.1, 0.15) is 0 Å². The monoisotopic (exact) mass is 409 g/mol. The molecule has 1 unspecified atom stereocenters. The minimum Gasteiger partial charge on any atom is -0.466 e. The number of methoxy groups -OCH3 is 1. The van der Waals surface area contributed by atoms with Crippen LogP contribution in [0, 0.1) is 0 Å². The first kappa shape index (κ1) is 20.4. The van der Waals surface area contributed by atoms with Gasteiger partial charge in [-0.2, -0.15) is 0 Å². The van der Waals surface area contributed by atoms with E-state index >= 15 is 0 Å². The summed E-state index contributed by atoms with van der Waals surface area (Å²) in [5.74, 6) is -2.19. The first-order chi connectivity index (χ1) is 13.9. The molecule has 2 atom stereocenters. The highest BCUT2D eigenvalue weighted by Gasteiger charge is 2.39. The molecule has 3 N–H and O–H groups in total. The van der Waals surface area contributed by atoms with Gasteiger partial charge in [0.25, 0.3) is 0 Å². The lowest BCUT2D eigenvalue weighted by Gasteiger charge is -2.31. The fourth-order valence-corrected chi connectivity index (χ4v) is 3.24. The third-order valence-electron chi connectivity index (χ3n) is 4.15. The largest absolute Gasteiger partial charge is 0.466 e. The highest BCUT2D eigenvalue weighted by atomic mass is 35.5. The van der Waals surface area contributed by atoms with E-state index < -0.39 is 24.4 Å². The minimum absolute atomic E-state index is 0.0722. The van der Waals surface area contributed by atoms with E-state index in [9.17, 15) is 9.59 Å². The number of carbonyl (C=O) groups excluding carboxylic acids is 2. The topological polar surface area (TPSA) is 99.9 Å². The van der Waals surface area contributed by atoms with Crippen molar-refractivity contribution in [1.29, 1.82) is 0 Å². The number of carbonyl (C=O) groups is 2. The fourth-order valence-electron chi connectivity index (χ4n) is 2.99. The van der Waals surface area contributed by atoms with Gasteiger partial charge in [0, 0.05) is 17.3 Å². The number of rotatable bonds is 8. The number of benzene rings is 1. The lowest BCUT2D eigenvalue weighted by molar-refractivity contribution is -0.139. The molecular formula is C20H25ClN2O5.